The number of nitrogens with one attached hydrogen (secondary N) is 1. The third kappa shape index (κ3) is 3.72. The van der Waals surface area contributed by atoms with Crippen LogP contribution in [0.1, 0.15) is 61.0 Å². The molecule has 1 aromatic carbocycles. The summed E-state index contributed by atoms with van der Waals surface area (Å²) in [6, 6.07) is 4.62. The molecule has 27 heavy (non-hydrogen) atoms. The van der Waals surface area contributed by atoms with Crippen LogP contribution in [-0.2, 0) is 12.8 Å². The van der Waals surface area contributed by atoms with Crippen molar-refractivity contribution < 1.29 is 28.6 Å². The number of carboxylic acid groups (broad SMARTS) is 1. The first kappa shape index (κ1) is 18.7. The van der Waals surface area contributed by atoms with Crippen LogP contribution in [0.25, 0.3) is 0 Å². The predicted molar refractivity (Wildman–Crippen MR) is 96.7 cm³/mol. The van der Waals surface area contributed by atoms with Crippen LogP contribution in [0.3, 0.4) is 0 Å². The Balaban J connectivity index is 1.67. The van der Waals surface area contributed by atoms with Crippen LogP contribution in [0.2, 0.25) is 0 Å². The summed E-state index contributed by atoms with van der Waals surface area (Å²) >= 11 is 0. The number of ketones is 1. The van der Waals surface area contributed by atoms with Gasteiger partial charge in [-0.25, -0.2) is 4.79 Å². The van der Waals surface area contributed by atoms with Gasteiger partial charge in [-0.05, 0) is 37.5 Å². The van der Waals surface area contributed by atoms with Gasteiger partial charge in [-0.15, -0.1) is 0 Å². The molecular weight excluding hydrogens is 350 g/mol. The molecule has 0 unspecified atom stereocenters. The summed E-state index contributed by atoms with van der Waals surface area (Å²) in [5.41, 5.74) is 2.07. The maximum absolute atomic E-state index is 12.5. The molecule has 1 aliphatic carbocycles. The number of carbonyl (C=O) groups is 3. The number of hydrogen-bond acceptors (Lipinski definition) is 5. The first-order valence-corrected chi connectivity index (χ1v) is 8.76. The molecular formula is C20H21NO6. The van der Waals surface area contributed by atoms with Gasteiger partial charge < -0.3 is 19.6 Å². The van der Waals surface area contributed by atoms with E-state index in [0.29, 0.717) is 48.4 Å². The zero-order valence-electron chi connectivity index (χ0n) is 15.3. The van der Waals surface area contributed by atoms with E-state index >= 15 is 0 Å². The van der Waals surface area contributed by atoms with Gasteiger partial charge in [0.25, 0.3) is 5.91 Å². The molecule has 0 saturated carbocycles. The quantitative estimate of drug-likeness (QED) is 0.809. The lowest BCUT2D eigenvalue weighted by Gasteiger charge is -2.10. The Hall–Kier alpha value is -3.09. The van der Waals surface area contributed by atoms with Gasteiger partial charge in [-0.3, -0.25) is 9.59 Å². The molecule has 2 aromatic rings. The summed E-state index contributed by atoms with van der Waals surface area (Å²) < 4.78 is 10.9. The topological polar surface area (TPSA) is 106 Å². The lowest BCUT2D eigenvalue weighted by molar-refractivity contribution is 0.0696. The average Bonchev–Trinajstić information content (AvgIpc) is 2.99. The van der Waals surface area contributed by atoms with E-state index in [0.717, 1.165) is 12.0 Å². The van der Waals surface area contributed by atoms with E-state index in [2.05, 4.69) is 5.32 Å². The number of aromatic carboxylic acids is 1. The fourth-order valence-corrected chi connectivity index (χ4v) is 3.34. The highest BCUT2D eigenvalue weighted by atomic mass is 16.5. The Morgan fingerprint density at radius 2 is 2.07 bits per heavy atom. The molecule has 142 valence electrons. The number of aryl methyl sites for hydroxylation is 1. The van der Waals surface area contributed by atoms with E-state index in [4.69, 9.17) is 14.3 Å². The van der Waals surface area contributed by atoms with Crippen molar-refractivity contribution in [1.82, 2.24) is 5.32 Å². The Bertz CT molecular complexity index is 911. The van der Waals surface area contributed by atoms with E-state index in [9.17, 15) is 14.4 Å². The van der Waals surface area contributed by atoms with Gasteiger partial charge in [-0.2, -0.15) is 0 Å². The number of carbonyl (C=O) groups excluding carboxylic acids is 2. The first-order valence-electron chi connectivity index (χ1n) is 8.76. The van der Waals surface area contributed by atoms with Crippen molar-refractivity contribution in [2.75, 3.05) is 13.7 Å². The number of methoxy groups -OCH3 is 1. The smallest absolute Gasteiger partial charge is 0.335 e. The molecule has 3 rings (SSSR count). The molecule has 0 atom stereocenters. The van der Waals surface area contributed by atoms with Crippen molar-refractivity contribution in [3.05, 3.63) is 52.0 Å². The minimum atomic E-state index is -1.03. The molecule has 0 bridgehead atoms. The Labute approximate surface area is 156 Å². The number of furan rings is 1. The number of rotatable bonds is 6. The van der Waals surface area contributed by atoms with E-state index in [-0.39, 0.29) is 23.0 Å². The number of hydrogen-bond donors (Lipinski definition) is 2. The molecule has 0 aliphatic heterocycles. The van der Waals surface area contributed by atoms with Crippen LogP contribution in [0.5, 0.6) is 5.75 Å². The summed E-state index contributed by atoms with van der Waals surface area (Å²) in [5, 5.41) is 11.8. The minimum Gasteiger partial charge on any atom is -0.496 e. The summed E-state index contributed by atoms with van der Waals surface area (Å²) in [7, 11) is 1.47. The maximum Gasteiger partial charge on any atom is 0.335 e. The van der Waals surface area contributed by atoms with Crippen LogP contribution in [0.4, 0.5) is 0 Å². The largest absolute Gasteiger partial charge is 0.496 e. The fraction of sp³-hybridized carbons (Fsp3) is 0.350. The van der Waals surface area contributed by atoms with Crippen molar-refractivity contribution in [3.8, 4) is 5.75 Å². The molecule has 0 spiro atoms. The normalized spacial score (nSPS) is 13.2. The van der Waals surface area contributed by atoms with Crippen molar-refractivity contribution in [1.29, 1.82) is 0 Å². The summed E-state index contributed by atoms with van der Waals surface area (Å²) in [6.07, 6.45) is 2.36. The molecule has 1 aliphatic rings. The Morgan fingerprint density at radius 3 is 2.74 bits per heavy atom. The lowest BCUT2D eigenvalue weighted by Crippen LogP contribution is -2.26. The number of fused-ring (bicyclic) bond motifs is 1. The first-order chi connectivity index (χ1) is 12.9. The van der Waals surface area contributed by atoms with Crippen molar-refractivity contribution in [2.24, 2.45) is 0 Å². The highest BCUT2D eigenvalue weighted by Crippen LogP contribution is 2.29. The van der Waals surface area contributed by atoms with E-state index in [1.807, 2.05) is 0 Å². The summed E-state index contributed by atoms with van der Waals surface area (Å²) in [4.78, 5) is 35.5. The monoisotopic (exact) mass is 371 g/mol. The van der Waals surface area contributed by atoms with Gasteiger partial charge in [0.2, 0.25) is 0 Å². The molecule has 7 nitrogen and oxygen atoms in total. The third-order valence-electron chi connectivity index (χ3n) is 4.73. The summed E-state index contributed by atoms with van der Waals surface area (Å²) in [6.45, 7) is 2.05. The molecule has 1 aromatic heterocycles. The average molecular weight is 371 g/mol. The van der Waals surface area contributed by atoms with Crippen LogP contribution in [0.15, 0.2) is 22.6 Å². The second kappa shape index (κ2) is 7.65. The third-order valence-corrected chi connectivity index (χ3v) is 4.73. The van der Waals surface area contributed by atoms with Crippen LogP contribution >= 0.6 is 0 Å². The summed E-state index contributed by atoms with van der Waals surface area (Å²) in [5.74, 6) is -0.127. The van der Waals surface area contributed by atoms with E-state index in [1.54, 1.807) is 13.0 Å². The van der Waals surface area contributed by atoms with Crippen LogP contribution in [0, 0.1) is 6.92 Å². The van der Waals surface area contributed by atoms with E-state index < -0.39 is 5.97 Å². The lowest BCUT2D eigenvalue weighted by atomic mass is 9.94. The van der Waals surface area contributed by atoms with Gasteiger partial charge in [0.15, 0.2) is 11.5 Å². The SMILES string of the molecule is COc1cc(C(=O)O)ccc1CCNC(=O)c1oc2c(c1C)C(=O)CCC2. The predicted octanol–water partition coefficient (Wildman–Crippen LogP) is 2.79. The van der Waals surface area contributed by atoms with Gasteiger partial charge in [-0.1, -0.05) is 6.07 Å². The second-order valence-corrected chi connectivity index (χ2v) is 6.47. The van der Waals surface area contributed by atoms with Crippen molar-refractivity contribution in [2.45, 2.75) is 32.6 Å². The van der Waals surface area contributed by atoms with Crippen LogP contribution < -0.4 is 10.1 Å². The molecule has 1 amide bonds. The minimum absolute atomic E-state index is 0.0276. The second-order valence-electron chi connectivity index (χ2n) is 6.47. The zero-order chi connectivity index (χ0) is 19.6. The highest BCUT2D eigenvalue weighted by Gasteiger charge is 2.28. The zero-order valence-corrected chi connectivity index (χ0v) is 15.3. The number of ether oxygens (including phenoxy) is 1. The molecule has 0 radical (unpaired) electrons. The standard InChI is InChI=1S/C20H21NO6/c1-11-17-14(22)4-3-5-15(17)27-18(11)19(23)21-9-8-12-6-7-13(20(24)25)10-16(12)26-2/h6-7,10H,3-5,8-9H2,1-2H3,(H,21,23)(H,24,25). The van der Waals surface area contributed by atoms with Crippen LogP contribution in [-0.4, -0.2) is 36.4 Å². The van der Waals surface area contributed by atoms with Crippen molar-refractivity contribution in [3.63, 3.8) is 0 Å². The van der Waals surface area contributed by atoms with Gasteiger partial charge in [0, 0.05) is 24.9 Å². The highest BCUT2D eigenvalue weighted by molar-refractivity contribution is 6.03. The number of benzene rings is 1. The van der Waals surface area contributed by atoms with Crippen molar-refractivity contribution >= 4 is 17.7 Å². The number of carboxylic acids is 1. The number of Topliss-reactive ketones (excluding diaryl/α,β-unsaturated/α-hetero) is 1. The fourth-order valence-electron chi connectivity index (χ4n) is 3.34. The van der Waals surface area contributed by atoms with Gasteiger partial charge in [0.1, 0.15) is 11.5 Å². The molecule has 1 heterocycles. The molecule has 0 fully saturated rings. The molecule has 0 saturated heterocycles. The number of amides is 1. The Kier molecular flexibility index (Phi) is 5.30. The Morgan fingerprint density at radius 1 is 1.30 bits per heavy atom. The molecule has 7 heteroatoms. The van der Waals surface area contributed by atoms with E-state index in [1.165, 1.54) is 19.2 Å². The molecule has 2 N–H and O–H groups in total. The van der Waals surface area contributed by atoms with Gasteiger partial charge in [0.05, 0.1) is 18.2 Å². The van der Waals surface area contributed by atoms with Gasteiger partial charge >= 0.3 is 5.97 Å². The maximum atomic E-state index is 12.5.